The summed E-state index contributed by atoms with van der Waals surface area (Å²) in [4.78, 5) is 0. The summed E-state index contributed by atoms with van der Waals surface area (Å²) in [7, 11) is 0. The van der Waals surface area contributed by atoms with Crippen molar-refractivity contribution in [3.63, 3.8) is 0 Å². The Morgan fingerprint density at radius 3 is 2.57 bits per heavy atom. The second-order valence-corrected chi connectivity index (χ2v) is 4.77. The number of hydrogen-bond acceptors (Lipinski definition) is 3. The molecular weight excluding hydrogens is 269 g/mol. The van der Waals surface area contributed by atoms with E-state index in [0.29, 0.717) is 31.1 Å². The van der Waals surface area contributed by atoms with Crippen molar-refractivity contribution in [1.29, 1.82) is 0 Å². The maximum atomic E-state index is 13.1. The molecule has 0 saturated heterocycles. The van der Waals surface area contributed by atoms with Gasteiger partial charge in [-0.25, -0.2) is 4.39 Å². The molecule has 0 saturated carbocycles. The highest BCUT2D eigenvalue weighted by atomic mass is 19.1. The van der Waals surface area contributed by atoms with E-state index in [1.165, 1.54) is 6.07 Å². The highest BCUT2D eigenvalue weighted by molar-refractivity contribution is 5.33. The van der Waals surface area contributed by atoms with Crippen molar-refractivity contribution in [2.45, 2.75) is 19.9 Å². The number of ether oxygens (including phenoxy) is 2. The summed E-state index contributed by atoms with van der Waals surface area (Å²) in [6.45, 7) is 3.25. The second-order valence-electron chi connectivity index (χ2n) is 4.77. The molecule has 0 fully saturated rings. The first kappa shape index (κ1) is 15.3. The Labute approximate surface area is 124 Å². The van der Waals surface area contributed by atoms with Crippen LogP contribution in [0.4, 0.5) is 4.39 Å². The van der Waals surface area contributed by atoms with Crippen LogP contribution in [0.25, 0.3) is 0 Å². The molecule has 0 atom stereocenters. The quantitative estimate of drug-likeness (QED) is 0.794. The zero-order valence-electron chi connectivity index (χ0n) is 12.1. The van der Waals surface area contributed by atoms with Crippen LogP contribution in [0.3, 0.4) is 0 Å². The first-order valence-corrected chi connectivity index (χ1v) is 7.00. The maximum absolute atomic E-state index is 13.1. The Kier molecular flexibility index (Phi) is 5.58. The van der Waals surface area contributed by atoms with Crippen molar-refractivity contribution in [2.24, 2.45) is 5.73 Å². The normalized spacial score (nSPS) is 10.4. The molecule has 112 valence electrons. The molecule has 2 aromatic rings. The Morgan fingerprint density at radius 1 is 1.05 bits per heavy atom. The van der Waals surface area contributed by atoms with Crippen molar-refractivity contribution in [3.8, 4) is 11.5 Å². The van der Waals surface area contributed by atoms with E-state index in [1.807, 2.05) is 24.3 Å². The van der Waals surface area contributed by atoms with Crippen molar-refractivity contribution in [3.05, 3.63) is 59.4 Å². The molecule has 0 bridgehead atoms. The van der Waals surface area contributed by atoms with Crippen LogP contribution in [0.2, 0.25) is 0 Å². The van der Waals surface area contributed by atoms with Crippen LogP contribution in [0.15, 0.2) is 42.5 Å². The third kappa shape index (κ3) is 4.46. The predicted molar refractivity (Wildman–Crippen MR) is 81.1 cm³/mol. The van der Waals surface area contributed by atoms with Crippen LogP contribution in [-0.4, -0.2) is 13.2 Å². The lowest BCUT2D eigenvalue weighted by molar-refractivity contribution is 0.246. The highest BCUT2D eigenvalue weighted by Gasteiger charge is 2.02. The van der Waals surface area contributed by atoms with Gasteiger partial charge in [-0.1, -0.05) is 18.2 Å². The fraction of sp³-hybridized carbons (Fsp3) is 0.294. The summed E-state index contributed by atoms with van der Waals surface area (Å²) in [5.74, 6) is 1.28. The van der Waals surface area contributed by atoms with Gasteiger partial charge < -0.3 is 15.2 Å². The number of rotatable bonds is 7. The zero-order chi connectivity index (χ0) is 15.1. The molecule has 0 spiro atoms. The lowest BCUT2D eigenvalue weighted by atomic mass is 10.2. The van der Waals surface area contributed by atoms with Crippen LogP contribution >= 0.6 is 0 Å². The maximum Gasteiger partial charge on any atom is 0.126 e. The van der Waals surface area contributed by atoms with E-state index in [1.54, 1.807) is 19.1 Å². The molecule has 0 unspecified atom stereocenters. The summed E-state index contributed by atoms with van der Waals surface area (Å²) >= 11 is 0. The van der Waals surface area contributed by atoms with Crippen molar-refractivity contribution < 1.29 is 13.9 Å². The summed E-state index contributed by atoms with van der Waals surface area (Å²) in [6, 6.07) is 12.5. The fourth-order valence-electron chi connectivity index (χ4n) is 1.95. The molecule has 0 aromatic heterocycles. The monoisotopic (exact) mass is 289 g/mol. The van der Waals surface area contributed by atoms with Crippen LogP contribution < -0.4 is 15.2 Å². The summed E-state index contributed by atoms with van der Waals surface area (Å²) in [5.41, 5.74) is 7.23. The number of aryl methyl sites for hydroxylation is 1. The summed E-state index contributed by atoms with van der Waals surface area (Å²) in [5, 5.41) is 0. The van der Waals surface area contributed by atoms with Gasteiger partial charge in [0.15, 0.2) is 0 Å². The molecule has 0 aliphatic rings. The molecule has 2 aromatic carbocycles. The first-order valence-electron chi connectivity index (χ1n) is 7.00. The average molecular weight is 289 g/mol. The van der Waals surface area contributed by atoms with Gasteiger partial charge in [-0.05, 0) is 36.8 Å². The van der Waals surface area contributed by atoms with Gasteiger partial charge in [-0.2, -0.15) is 0 Å². The Balaban J connectivity index is 1.73. The fourth-order valence-corrected chi connectivity index (χ4v) is 1.95. The minimum atomic E-state index is -0.218. The van der Waals surface area contributed by atoms with Crippen LogP contribution in [-0.2, 0) is 6.54 Å². The van der Waals surface area contributed by atoms with E-state index in [9.17, 15) is 4.39 Å². The van der Waals surface area contributed by atoms with Crippen LogP contribution in [0.1, 0.15) is 17.5 Å². The largest absolute Gasteiger partial charge is 0.493 e. The minimum absolute atomic E-state index is 0.218. The molecule has 3 nitrogen and oxygen atoms in total. The molecule has 0 heterocycles. The van der Waals surface area contributed by atoms with Gasteiger partial charge in [0.1, 0.15) is 17.3 Å². The van der Waals surface area contributed by atoms with E-state index in [4.69, 9.17) is 15.2 Å². The van der Waals surface area contributed by atoms with E-state index < -0.39 is 0 Å². The molecule has 21 heavy (non-hydrogen) atoms. The average Bonchev–Trinajstić information content (AvgIpc) is 2.51. The van der Waals surface area contributed by atoms with Gasteiger partial charge in [0.2, 0.25) is 0 Å². The third-order valence-corrected chi connectivity index (χ3v) is 3.14. The second kappa shape index (κ2) is 7.64. The van der Waals surface area contributed by atoms with Crippen molar-refractivity contribution >= 4 is 0 Å². The van der Waals surface area contributed by atoms with Gasteiger partial charge in [0, 0.05) is 18.5 Å². The number of nitrogens with two attached hydrogens (primary N) is 1. The molecule has 0 radical (unpaired) electrons. The van der Waals surface area contributed by atoms with Gasteiger partial charge in [-0.15, -0.1) is 0 Å². The Morgan fingerprint density at radius 2 is 1.81 bits per heavy atom. The summed E-state index contributed by atoms with van der Waals surface area (Å²) in [6.07, 6.45) is 0.745. The lowest BCUT2D eigenvalue weighted by Crippen LogP contribution is -2.07. The van der Waals surface area contributed by atoms with Gasteiger partial charge in [-0.3, -0.25) is 0 Å². The molecule has 2 rings (SSSR count). The van der Waals surface area contributed by atoms with Crippen molar-refractivity contribution in [2.75, 3.05) is 13.2 Å². The molecule has 0 aliphatic heterocycles. The molecule has 2 N–H and O–H groups in total. The van der Waals surface area contributed by atoms with Crippen molar-refractivity contribution in [1.82, 2.24) is 0 Å². The van der Waals surface area contributed by atoms with E-state index in [2.05, 4.69) is 0 Å². The van der Waals surface area contributed by atoms with Gasteiger partial charge in [0.05, 0.1) is 13.2 Å². The molecule has 4 heteroatoms. The standard InChI is InChI=1S/C17H20FNO2/c1-13-11-15(7-8-16(13)18)20-9-4-10-21-17-6-3-2-5-14(17)12-19/h2-3,5-8,11H,4,9-10,12,19H2,1H3. The predicted octanol–water partition coefficient (Wildman–Crippen LogP) is 3.44. The Hall–Kier alpha value is -2.07. The number of hydrogen-bond donors (Lipinski definition) is 1. The van der Waals surface area contributed by atoms with E-state index in [-0.39, 0.29) is 5.82 Å². The molecular formula is C17H20FNO2. The topological polar surface area (TPSA) is 44.5 Å². The molecule has 0 aliphatic carbocycles. The zero-order valence-corrected chi connectivity index (χ0v) is 12.1. The highest BCUT2D eigenvalue weighted by Crippen LogP contribution is 2.18. The van der Waals surface area contributed by atoms with E-state index in [0.717, 1.165) is 17.7 Å². The molecule has 0 amide bonds. The Bertz CT molecular complexity index is 587. The lowest BCUT2D eigenvalue weighted by Gasteiger charge is -2.11. The number of halogens is 1. The van der Waals surface area contributed by atoms with Gasteiger partial charge in [0.25, 0.3) is 0 Å². The number of benzene rings is 2. The first-order chi connectivity index (χ1) is 10.2. The van der Waals surface area contributed by atoms with Crippen LogP contribution in [0, 0.1) is 12.7 Å². The minimum Gasteiger partial charge on any atom is -0.493 e. The van der Waals surface area contributed by atoms with Gasteiger partial charge >= 0.3 is 0 Å². The summed E-state index contributed by atoms with van der Waals surface area (Å²) < 4.78 is 24.4. The smallest absolute Gasteiger partial charge is 0.126 e. The SMILES string of the molecule is Cc1cc(OCCCOc2ccccc2CN)ccc1F. The number of para-hydroxylation sites is 1. The van der Waals surface area contributed by atoms with Crippen LogP contribution in [0.5, 0.6) is 11.5 Å². The van der Waals surface area contributed by atoms with E-state index >= 15 is 0 Å². The third-order valence-electron chi connectivity index (χ3n) is 3.14.